The molecule has 7 nitrogen and oxygen atoms in total. The van der Waals surface area contributed by atoms with Gasteiger partial charge in [-0.1, -0.05) is 202 Å². The first-order valence-corrected chi connectivity index (χ1v) is 34.6. The molecule has 3 fully saturated rings. The van der Waals surface area contributed by atoms with Crippen LogP contribution >= 0.6 is 0 Å². The first-order valence-electron chi connectivity index (χ1n) is 34.6. The van der Waals surface area contributed by atoms with Crippen molar-refractivity contribution in [2.45, 2.75) is 307 Å². The van der Waals surface area contributed by atoms with Gasteiger partial charge >= 0.3 is 0 Å². The molecule has 0 radical (unpaired) electrons. The van der Waals surface area contributed by atoms with E-state index in [1.54, 1.807) is 0 Å². The maximum absolute atomic E-state index is 6.21. The zero-order valence-corrected chi connectivity index (χ0v) is 59.0. The highest BCUT2D eigenvalue weighted by Crippen LogP contribution is 2.47. The number of methoxy groups -OCH3 is 3. The van der Waals surface area contributed by atoms with E-state index in [4.69, 9.17) is 33.2 Å². The molecule has 7 heteroatoms. The zero-order valence-electron chi connectivity index (χ0n) is 59.0. The smallest absolute Gasteiger partial charge is 0.109 e. The van der Waals surface area contributed by atoms with Gasteiger partial charge in [0, 0.05) is 21.3 Å². The molecule has 5 aliphatic carbocycles. The van der Waals surface area contributed by atoms with Crippen LogP contribution in [-0.4, -0.2) is 75.8 Å². The molecule has 4 aromatic carbocycles. The van der Waals surface area contributed by atoms with Crippen molar-refractivity contribution < 1.29 is 33.2 Å². The zero-order chi connectivity index (χ0) is 63.8. The predicted octanol–water partition coefficient (Wildman–Crippen LogP) is 22.6. The first-order chi connectivity index (χ1) is 41.0. The molecule has 0 aliphatic heterocycles. The summed E-state index contributed by atoms with van der Waals surface area (Å²) in [5, 5.41) is 0. The second-order valence-corrected chi connectivity index (χ2v) is 27.7. The average Bonchev–Trinajstić information content (AvgIpc) is 1.78. The third-order valence-corrected chi connectivity index (χ3v) is 18.4. The van der Waals surface area contributed by atoms with Gasteiger partial charge in [-0.3, -0.25) is 0 Å². The van der Waals surface area contributed by atoms with Gasteiger partial charge in [0.2, 0.25) is 0 Å². The average molecular weight is 1190 g/mol. The second kappa shape index (κ2) is 41.8. The van der Waals surface area contributed by atoms with E-state index >= 15 is 0 Å². The highest BCUT2D eigenvalue weighted by Gasteiger charge is 2.31. The molecule has 0 heterocycles. The topological polar surface area (TPSA) is 64.6 Å². The molecular weight excluding hydrogens is 1060 g/mol. The molecule has 5 aliphatic rings. The lowest BCUT2D eigenvalue weighted by molar-refractivity contribution is -0.0698. The van der Waals surface area contributed by atoms with Crippen LogP contribution in [0.15, 0.2) is 97.1 Å². The highest BCUT2D eigenvalue weighted by molar-refractivity contribution is 5.79. The number of benzene rings is 4. The molecule has 6 atom stereocenters. The third-order valence-electron chi connectivity index (χ3n) is 18.4. The Bertz CT molecular complexity index is 2240. The summed E-state index contributed by atoms with van der Waals surface area (Å²) in [7, 11) is 5.47. The molecule has 0 N–H and O–H groups in total. The van der Waals surface area contributed by atoms with Crippen molar-refractivity contribution >= 4 is 0 Å². The van der Waals surface area contributed by atoms with E-state index in [0.717, 1.165) is 24.2 Å². The maximum atomic E-state index is 6.21. The first kappa shape index (κ1) is 76.8. The Balaban J connectivity index is 0.000000268. The Kier molecular flexibility index (Phi) is 37.4. The quantitative estimate of drug-likeness (QED) is 0.104. The molecule has 6 unspecified atom stereocenters. The van der Waals surface area contributed by atoms with Crippen molar-refractivity contribution in [2.24, 2.45) is 29.6 Å². The molecule has 3 saturated carbocycles. The number of rotatable bonds is 16. The molecule has 0 bridgehead atoms. The van der Waals surface area contributed by atoms with Crippen LogP contribution in [0.2, 0.25) is 0 Å². The van der Waals surface area contributed by atoms with Gasteiger partial charge in [0.15, 0.2) is 0 Å². The van der Waals surface area contributed by atoms with Gasteiger partial charge in [0.1, 0.15) is 12.2 Å². The fraction of sp³-hybridized carbons (Fsp3) is 0.696. The van der Waals surface area contributed by atoms with E-state index in [0.29, 0.717) is 48.5 Å². The minimum atomic E-state index is 0.00366. The van der Waals surface area contributed by atoms with Crippen LogP contribution in [0, 0.1) is 29.6 Å². The fourth-order valence-electron chi connectivity index (χ4n) is 12.1. The van der Waals surface area contributed by atoms with Crippen LogP contribution in [0.4, 0.5) is 0 Å². The summed E-state index contributed by atoms with van der Waals surface area (Å²) < 4.78 is 39.5. The van der Waals surface area contributed by atoms with E-state index < -0.39 is 0 Å². The Morgan fingerprint density at radius 2 is 0.651 bits per heavy atom. The Hall–Kier alpha value is -3.40. The maximum Gasteiger partial charge on any atom is 0.109 e. The number of fused-ring (bicyclic) bond motifs is 6. The Morgan fingerprint density at radius 3 is 0.884 bits per heavy atom. The van der Waals surface area contributed by atoms with Crippen LogP contribution in [0.3, 0.4) is 0 Å². The van der Waals surface area contributed by atoms with Gasteiger partial charge in [-0.15, -0.1) is 0 Å². The molecule has 0 amide bonds. The van der Waals surface area contributed by atoms with Gasteiger partial charge in [0.05, 0.1) is 54.4 Å². The monoisotopic (exact) mass is 1190 g/mol. The molecular formula is C79H130O7. The third kappa shape index (κ3) is 27.8. The van der Waals surface area contributed by atoms with Crippen LogP contribution in [-0.2, 0) is 33.2 Å². The lowest BCUT2D eigenvalue weighted by Crippen LogP contribution is -2.28. The fourth-order valence-corrected chi connectivity index (χ4v) is 12.1. The largest absolute Gasteiger partial charge is 0.381 e. The van der Waals surface area contributed by atoms with Gasteiger partial charge in [-0.25, -0.2) is 0 Å². The number of ether oxygens (including phenoxy) is 7. The summed E-state index contributed by atoms with van der Waals surface area (Å²) in [5.74, 6) is 3.76. The lowest BCUT2D eigenvalue weighted by atomic mass is 9.88. The Morgan fingerprint density at radius 1 is 0.372 bits per heavy atom. The standard InChI is InChI=1S/C17H18O.C16H16O.C11H22O.C10H20O.C9H20O.C8H16O.C8H18O/c1-3-12(2)18-17-15-10-6-4-8-13(15)14-9-5-7-11-16(14)17;1-11(2)17-16-14-9-5-3-7-12(14)13-8-4-6-10-15(13)16;1-10(12-2)11-8-6-4-3-5-7-9-11;1-9(11-2)10-7-5-3-4-6-8-10;1-7(2)8(3)10-9(4,5)6;1-7(9-2)8-5-3-4-6-8;1-6(2)8(5)9-7(3)4/h4-12,17H,3H2,1-2H3;3-11,16H,1-2H3;10-11H,3-9H2,1-2H3;9-10H,3-8H2,1-2H3;7-8H,1-6H3;7-8H,3-6H2,1-2H3;6-8H,1-5H3. The normalized spacial score (nSPS) is 18.5. The van der Waals surface area contributed by atoms with Crippen molar-refractivity contribution in [3.8, 4) is 22.3 Å². The second-order valence-electron chi connectivity index (χ2n) is 27.7. The van der Waals surface area contributed by atoms with Crippen molar-refractivity contribution in [3.05, 3.63) is 119 Å². The van der Waals surface area contributed by atoms with Crippen molar-refractivity contribution in [1.82, 2.24) is 0 Å². The van der Waals surface area contributed by atoms with Crippen molar-refractivity contribution in [1.29, 1.82) is 0 Å². The minimum Gasteiger partial charge on any atom is -0.381 e. The SMILES string of the molecule is CC(C)C(C)OC(C)(C)C.CC(C)OC(C)C(C)C.CC(C)OC1c2ccccc2-c2ccccc21.CCC(C)OC1c2ccccc2-c2ccccc21.COC(C)C1CCCC1.COC(C)C1CCCCCC1.COC(C)C1CCCCCCC1. The number of hydrogen-bond donors (Lipinski definition) is 0. The van der Waals surface area contributed by atoms with Crippen molar-refractivity contribution in [2.75, 3.05) is 21.3 Å². The summed E-state index contributed by atoms with van der Waals surface area (Å²) in [6.07, 6.45) is 28.3. The van der Waals surface area contributed by atoms with Crippen LogP contribution in [0.25, 0.3) is 22.3 Å². The predicted molar refractivity (Wildman–Crippen MR) is 369 cm³/mol. The van der Waals surface area contributed by atoms with Gasteiger partial charge in [-0.05, 0) is 209 Å². The van der Waals surface area contributed by atoms with Crippen molar-refractivity contribution in [3.63, 3.8) is 0 Å². The van der Waals surface area contributed by atoms with Crippen LogP contribution in [0.1, 0.15) is 275 Å². The van der Waals surface area contributed by atoms with Crippen LogP contribution in [0.5, 0.6) is 0 Å². The van der Waals surface area contributed by atoms with Gasteiger partial charge in [-0.2, -0.15) is 0 Å². The van der Waals surface area contributed by atoms with Gasteiger partial charge < -0.3 is 33.2 Å². The van der Waals surface area contributed by atoms with E-state index in [2.05, 4.69) is 222 Å². The van der Waals surface area contributed by atoms with E-state index in [-0.39, 0.29) is 30.0 Å². The molecule has 488 valence electrons. The van der Waals surface area contributed by atoms with E-state index in [1.165, 1.54) is 154 Å². The minimum absolute atomic E-state index is 0.00366. The molecule has 9 rings (SSSR count). The summed E-state index contributed by atoms with van der Waals surface area (Å²) >= 11 is 0. The summed E-state index contributed by atoms with van der Waals surface area (Å²) in [5.41, 5.74) is 10.5. The summed E-state index contributed by atoms with van der Waals surface area (Å²) in [6.45, 7) is 38.4. The molecule has 0 aromatic heterocycles. The molecule has 0 saturated heterocycles. The highest BCUT2D eigenvalue weighted by atomic mass is 16.5. The molecule has 0 spiro atoms. The van der Waals surface area contributed by atoms with E-state index in [9.17, 15) is 0 Å². The molecule has 86 heavy (non-hydrogen) atoms. The Labute approximate surface area is 529 Å². The van der Waals surface area contributed by atoms with E-state index in [1.807, 2.05) is 21.3 Å². The summed E-state index contributed by atoms with van der Waals surface area (Å²) in [6, 6.07) is 34.2. The van der Waals surface area contributed by atoms with Gasteiger partial charge in [0.25, 0.3) is 0 Å². The summed E-state index contributed by atoms with van der Waals surface area (Å²) in [4.78, 5) is 0. The molecule has 4 aromatic rings. The number of hydrogen-bond acceptors (Lipinski definition) is 7. The van der Waals surface area contributed by atoms with Crippen LogP contribution < -0.4 is 0 Å². The lowest BCUT2D eigenvalue weighted by Gasteiger charge is -2.27.